The molecule has 21 heavy (non-hydrogen) atoms. The number of benzene rings is 1. The number of aldehydes is 1. The van der Waals surface area contributed by atoms with Crippen molar-refractivity contribution in [2.45, 2.75) is 11.7 Å². The van der Waals surface area contributed by atoms with Gasteiger partial charge in [-0.15, -0.1) is 0 Å². The summed E-state index contributed by atoms with van der Waals surface area (Å²) in [5.74, 6) is -4.81. The quantitative estimate of drug-likeness (QED) is 0.259. The third-order valence-corrected chi connectivity index (χ3v) is 2.49. The first-order valence-electron chi connectivity index (χ1n) is 5.29. The third kappa shape index (κ3) is 2.95. The normalized spacial score (nSPS) is 14.5. The maximum absolute atomic E-state index is 11.1. The van der Waals surface area contributed by atoms with Crippen LogP contribution in [0.15, 0.2) is 24.3 Å². The molecule has 0 saturated heterocycles. The van der Waals surface area contributed by atoms with Gasteiger partial charge in [-0.25, -0.2) is 9.59 Å². The van der Waals surface area contributed by atoms with Crippen molar-refractivity contribution in [1.29, 1.82) is 0 Å². The molecule has 1 aromatic rings. The predicted molar refractivity (Wildman–Crippen MR) is 63.8 cm³/mol. The first-order chi connectivity index (χ1) is 9.76. The van der Waals surface area contributed by atoms with Crippen LogP contribution in [0.4, 0.5) is 5.69 Å². The Morgan fingerprint density at radius 1 is 1.33 bits per heavy atom. The number of nitro benzene ring substituents is 1. The number of para-hydroxylation sites is 2. The van der Waals surface area contributed by atoms with Crippen molar-refractivity contribution in [2.24, 2.45) is 0 Å². The lowest BCUT2D eigenvalue weighted by Crippen LogP contribution is -2.59. The molecule has 1 rings (SSSR count). The molecule has 3 N–H and O–H groups in total. The largest absolute Gasteiger partial charge is 0.479 e. The second kappa shape index (κ2) is 5.96. The molecule has 10 nitrogen and oxygen atoms in total. The van der Waals surface area contributed by atoms with Crippen LogP contribution in [-0.2, 0) is 14.4 Å². The highest BCUT2D eigenvalue weighted by molar-refractivity contribution is 6.02. The van der Waals surface area contributed by atoms with Crippen molar-refractivity contribution in [3.05, 3.63) is 34.4 Å². The SMILES string of the molecule is O=CC(Oc1ccccc1[N+](=O)[O-])(C(=O)O)C(O)C(=O)O. The minimum Gasteiger partial charge on any atom is -0.479 e. The second-order valence-electron chi connectivity index (χ2n) is 3.78. The van der Waals surface area contributed by atoms with Gasteiger partial charge in [-0.05, 0) is 6.07 Å². The van der Waals surface area contributed by atoms with Crippen molar-refractivity contribution in [1.82, 2.24) is 0 Å². The summed E-state index contributed by atoms with van der Waals surface area (Å²) in [6, 6.07) is 4.42. The lowest BCUT2D eigenvalue weighted by atomic mass is 9.98. The van der Waals surface area contributed by atoms with Gasteiger partial charge in [0.2, 0.25) is 6.10 Å². The van der Waals surface area contributed by atoms with E-state index in [1.165, 1.54) is 12.1 Å². The molecule has 2 unspecified atom stereocenters. The molecule has 2 atom stereocenters. The van der Waals surface area contributed by atoms with Gasteiger partial charge in [-0.2, -0.15) is 0 Å². The minimum absolute atomic E-state index is 0.440. The Bertz CT molecular complexity index is 599. The molecule has 112 valence electrons. The molecule has 0 spiro atoms. The van der Waals surface area contributed by atoms with E-state index in [9.17, 15) is 29.6 Å². The summed E-state index contributed by atoms with van der Waals surface area (Å²) in [6.45, 7) is 0. The Morgan fingerprint density at radius 3 is 2.33 bits per heavy atom. The van der Waals surface area contributed by atoms with Crippen LogP contribution >= 0.6 is 0 Å². The topological polar surface area (TPSA) is 164 Å². The van der Waals surface area contributed by atoms with Crippen molar-refractivity contribution in [3.8, 4) is 5.75 Å². The van der Waals surface area contributed by atoms with Crippen molar-refractivity contribution >= 4 is 23.9 Å². The molecule has 0 fully saturated rings. The molecule has 0 aliphatic rings. The molecular formula is C11H9NO9. The van der Waals surface area contributed by atoms with Gasteiger partial charge in [-0.3, -0.25) is 14.9 Å². The molecule has 0 bridgehead atoms. The van der Waals surface area contributed by atoms with Gasteiger partial charge >= 0.3 is 17.6 Å². The number of carbonyl (C=O) groups is 3. The van der Waals surface area contributed by atoms with Crippen LogP contribution in [0.2, 0.25) is 0 Å². The Balaban J connectivity index is 3.38. The van der Waals surface area contributed by atoms with E-state index in [1.807, 2.05) is 0 Å². The standard InChI is InChI=1S/C11H9NO9/c13-5-11(10(17)18,8(14)9(15)16)21-7-4-2-1-3-6(7)12(19)20/h1-5,8,14H,(H,15,16)(H,17,18). The third-order valence-electron chi connectivity index (χ3n) is 2.49. The number of ether oxygens (including phenoxy) is 1. The zero-order chi connectivity index (χ0) is 16.2. The van der Waals surface area contributed by atoms with Gasteiger partial charge in [0.15, 0.2) is 12.0 Å². The molecular weight excluding hydrogens is 290 g/mol. The van der Waals surface area contributed by atoms with E-state index in [0.717, 1.165) is 12.1 Å². The molecule has 10 heteroatoms. The molecule has 0 saturated carbocycles. The number of carboxylic acid groups (broad SMARTS) is 2. The number of hydrogen-bond donors (Lipinski definition) is 3. The monoisotopic (exact) mass is 299 g/mol. The Morgan fingerprint density at radius 2 is 1.90 bits per heavy atom. The average molecular weight is 299 g/mol. The van der Waals surface area contributed by atoms with E-state index in [4.69, 9.17) is 10.2 Å². The van der Waals surface area contributed by atoms with Crippen LogP contribution in [0, 0.1) is 10.1 Å². The highest BCUT2D eigenvalue weighted by atomic mass is 16.6. The Kier molecular flexibility index (Phi) is 4.56. The zero-order valence-electron chi connectivity index (χ0n) is 10.2. The van der Waals surface area contributed by atoms with E-state index in [-0.39, 0.29) is 0 Å². The number of carboxylic acids is 2. The fourth-order valence-corrected chi connectivity index (χ4v) is 1.42. The van der Waals surface area contributed by atoms with Crippen molar-refractivity contribution in [3.63, 3.8) is 0 Å². The summed E-state index contributed by atoms with van der Waals surface area (Å²) in [4.78, 5) is 42.7. The lowest BCUT2D eigenvalue weighted by molar-refractivity contribution is -0.386. The lowest BCUT2D eigenvalue weighted by Gasteiger charge is -2.26. The van der Waals surface area contributed by atoms with Crippen LogP contribution in [0.1, 0.15) is 0 Å². The van der Waals surface area contributed by atoms with Gasteiger partial charge in [0.05, 0.1) is 4.92 Å². The highest BCUT2D eigenvalue weighted by Crippen LogP contribution is 2.30. The molecule has 0 aliphatic heterocycles. The van der Waals surface area contributed by atoms with Crippen LogP contribution < -0.4 is 4.74 Å². The first-order valence-corrected chi connectivity index (χ1v) is 5.29. The van der Waals surface area contributed by atoms with Gasteiger partial charge in [0, 0.05) is 6.07 Å². The summed E-state index contributed by atoms with van der Waals surface area (Å²) in [6.07, 6.45) is -3.20. The van der Waals surface area contributed by atoms with Crippen molar-refractivity contribution < 1.29 is 39.4 Å². The van der Waals surface area contributed by atoms with Crippen LogP contribution in [0.3, 0.4) is 0 Å². The molecule has 0 aliphatic carbocycles. The molecule has 0 radical (unpaired) electrons. The second-order valence-corrected chi connectivity index (χ2v) is 3.78. The number of aliphatic hydroxyl groups excluding tert-OH is 1. The maximum Gasteiger partial charge on any atom is 0.359 e. The Labute approximate surface area is 116 Å². The number of carbonyl (C=O) groups excluding carboxylic acids is 1. The van der Waals surface area contributed by atoms with Crippen LogP contribution in [0.25, 0.3) is 0 Å². The number of aliphatic hydroxyl groups is 1. The van der Waals surface area contributed by atoms with E-state index in [2.05, 4.69) is 4.74 Å². The zero-order valence-corrected chi connectivity index (χ0v) is 10.2. The number of nitrogens with zero attached hydrogens (tertiary/aromatic N) is 1. The summed E-state index contributed by atoms with van der Waals surface area (Å²) in [7, 11) is 0. The van der Waals surface area contributed by atoms with Gasteiger partial charge in [0.1, 0.15) is 0 Å². The summed E-state index contributed by atoms with van der Waals surface area (Å²) < 4.78 is 4.69. The molecule has 0 aromatic heterocycles. The molecule has 0 amide bonds. The van der Waals surface area contributed by atoms with Gasteiger partial charge < -0.3 is 20.1 Å². The smallest absolute Gasteiger partial charge is 0.359 e. The summed E-state index contributed by atoms with van der Waals surface area (Å²) in [5, 5.41) is 37.8. The van der Waals surface area contributed by atoms with E-state index in [0.29, 0.717) is 0 Å². The number of hydrogen-bond acceptors (Lipinski definition) is 7. The fourth-order valence-electron chi connectivity index (χ4n) is 1.42. The van der Waals surface area contributed by atoms with Gasteiger partial charge in [0.25, 0.3) is 5.60 Å². The average Bonchev–Trinajstić information content (AvgIpc) is 2.43. The van der Waals surface area contributed by atoms with Crippen molar-refractivity contribution in [2.75, 3.05) is 0 Å². The maximum atomic E-state index is 11.1. The van der Waals surface area contributed by atoms with Gasteiger partial charge in [-0.1, -0.05) is 12.1 Å². The van der Waals surface area contributed by atoms with E-state index >= 15 is 0 Å². The first kappa shape index (κ1) is 16.0. The minimum atomic E-state index is -3.21. The van der Waals surface area contributed by atoms with Crippen LogP contribution in [0.5, 0.6) is 5.75 Å². The number of aliphatic carboxylic acids is 2. The summed E-state index contributed by atoms with van der Waals surface area (Å²) >= 11 is 0. The molecule has 0 heterocycles. The Hall–Kier alpha value is -3.01. The van der Waals surface area contributed by atoms with E-state index < -0.39 is 46.3 Å². The van der Waals surface area contributed by atoms with Crippen LogP contribution in [-0.4, -0.2) is 50.2 Å². The van der Waals surface area contributed by atoms with E-state index in [1.54, 1.807) is 0 Å². The summed E-state index contributed by atoms with van der Waals surface area (Å²) in [5.41, 5.74) is -3.90. The predicted octanol–water partition coefficient (Wildman–Crippen LogP) is -0.559. The highest BCUT2D eigenvalue weighted by Gasteiger charge is 2.53. The fraction of sp³-hybridized carbons (Fsp3) is 0.182. The molecule has 1 aromatic carbocycles. The number of rotatable bonds is 7. The number of nitro groups is 1.